The Morgan fingerprint density at radius 1 is 1.07 bits per heavy atom. The molecule has 1 atom stereocenters. The highest BCUT2D eigenvalue weighted by Gasteiger charge is 2.51. The lowest BCUT2D eigenvalue weighted by Crippen LogP contribution is -2.42. The van der Waals surface area contributed by atoms with Gasteiger partial charge in [-0.1, -0.05) is 37.5 Å². The highest BCUT2D eigenvalue weighted by molar-refractivity contribution is 5.95. The standard InChI is InChI=1S/C22H26N2O3/c25-20(23-14-18-10-7-13-27-18)19-15-24(16-22(19)11-5-2-6-12-22)21(26)17-8-3-1-4-9-17/h1,3-4,7-10,13,19H,2,5-6,11-12,14-16H2,(H,23,25). The average molecular weight is 366 g/mol. The van der Waals surface area contributed by atoms with Gasteiger partial charge in [0.2, 0.25) is 5.91 Å². The maximum Gasteiger partial charge on any atom is 0.253 e. The van der Waals surface area contributed by atoms with E-state index in [1.54, 1.807) is 6.26 Å². The molecule has 1 aromatic heterocycles. The molecule has 4 rings (SSSR count). The zero-order valence-corrected chi connectivity index (χ0v) is 15.5. The van der Waals surface area contributed by atoms with E-state index in [0.29, 0.717) is 25.2 Å². The van der Waals surface area contributed by atoms with Gasteiger partial charge in [-0.05, 0) is 37.1 Å². The number of likely N-dealkylation sites (tertiary alicyclic amines) is 1. The van der Waals surface area contributed by atoms with E-state index in [1.807, 2.05) is 47.4 Å². The van der Waals surface area contributed by atoms with Crippen LogP contribution in [0.15, 0.2) is 53.1 Å². The Balaban J connectivity index is 1.51. The summed E-state index contributed by atoms with van der Waals surface area (Å²) >= 11 is 0. The Labute approximate surface area is 159 Å². The van der Waals surface area contributed by atoms with Crippen molar-refractivity contribution in [2.24, 2.45) is 11.3 Å². The van der Waals surface area contributed by atoms with Crippen LogP contribution in [0.3, 0.4) is 0 Å². The van der Waals surface area contributed by atoms with Gasteiger partial charge in [0.1, 0.15) is 5.76 Å². The summed E-state index contributed by atoms with van der Waals surface area (Å²) in [7, 11) is 0. The molecule has 0 bridgehead atoms. The van der Waals surface area contributed by atoms with Crippen molar-refractivity contribution in [3.8, 4) is 0 Å². The van der Waals surface area contributed by atoms with Gasteiger partial charge < -0.3 is 14.6 Å². The maximum atomic E-state index is 13.0. The number of carbonyl (C=O) groups is 2. The van der Waals surface area contributed by atoms with E-state index in [4.69, 9.17) is 4.42 Å². The first-order valence-electron chi connectivity index (χ1n) is 9.82. The minimum absolute atomic E-state index is 0.0295. The molecule has 27 heavy (non-hydrogen) atoms. The number of nitrogens with one attached hydrogen (secondary N) is 1. The molecule has 0 radical (unpaired) electrons. The maximum absolute atomic E-state index is 13.0. The van der Waals surface area contributed by atoms with Gasteiger partial charge in [0.15, 0.2) is 0 Å². The van der Waals surface area contributed by atoms with E-state index < -0.39 is 0 Å². The second-order valence-corrected chi connectivity index (χ2v) is 7.82. The molecule has 1 aromatic carbocycles. The molecular formula is C22H26N2O3. The van der Waals surface area contributed by atoms with Crippen LogP contribution in [-0.4, -0.2) is 29.8 Å². The normalized spacial score (nSPS) is 21.3. The van der Waals surface area contributed by atoms with Crippen LogP contribution in [0.2, 0.25) is 0 Å². The average Bonchev–Trinajstić information content (AvgIpc) is 3.35. The molecule has 1 aliphatic heterocycles. The van der Waals surface area contributed by atoms with Crippen molar-refractivity contribution >= 4 is 11.8 Å². The molecule has 2 aromatic rings. The SMILES string of the molecule is O=C(NCc1ccco1)C1CN(C(=O)c2ccccc2)CC12CCCCC2. The molecule has 5 nitrogen and oxygen atoms in total. The molecule has 5 heteroatoms. The fourth-order valence-electron chi connectivity index (χ4n) is 4.72. The lowest BCUT2D eigenvalue weighted by Gasteiger charge is -2.37. The Bertz CT molecular complexity index is 779. The van der Waals surface area contributed by atoms with Crippen molar-refractivity contribution in [1.29, 1.82) is 0 Å². The molecule has 1 aliphatic carbocycles. The Morgan fingerprint density at radius 3 is 2.56 bits per heavy atom. The summed E-state index contributed by atoms with van der Waals surface area (Å²) in [6.45, 7) is 1.57. The minimum Gasteiger partial charge on any atom is -0.467 e. The molecule has 1 saturated carbocycles. The van der Waals surface area contributed by atoms with E-state index in [1.165, 1.54) is 6.42 Å². The molecule has 1 spiro atoms. The lowest BCUT2D eigenvalue weighted by molar-refractivity contribution is -0.128. The number of carbonyl (C=O) groups excluding carboxylic acids is 2. The third-order valence-corrected chi connectivity index (χ3v) is 6.14. The van der Waals surface area contributed by atoms with Gasteiger partial charge in [-0.15, -0.1) is 0 Å². The van der Waals surface area contributed by atoms with Gasteiger partial charge in [-0.3, -0.25) is 9.59 Å². The highest BCUT2D eigenvalue weighted by Crippen LogP contribution is 2.48. The van der Waals surface area contributed by atoms with Crippen LogP contribution in [0.4, 0.5) is 0 Å². The van der Waals surface area contributed by atoms with Gasteiger partial charge in [-0.25, -0.2) is 0 Å². The van der Waals surface area contributed by atoms with E-state index in [2.05, 4.69) is 5.32 Å². The number of rotatable bonds is 4. The van der Waals surface area contributed by atoms with Gasteiger partial charge >= 0.3 is 0 Å². The van der Waals surface area contributed by atoms with Crippen LogP contribution < -0.4 is 5.32 Å². The van der Waals surface area contributed by atoms with Crippen molar-refractivity contribution in [2.75, 3.05) is 13.1 Å². The van der Waals surface area contributed by atoms with Gasteiger partial charge in [-0.2, -0.15) is 0 Å². The van der Waals surface area contributed by atoms with E-state index in [9.17, 15) is 9.59 Å². The molecule has 1 saturated heterocycles. The van der Waals surface area contributed by atoms with Crippen molar-refractivity contribution in [1.82, 2.24) is 10.2 Å². The molecular weight excluding hydrogens is 340 g/mol. The van der Waals surface area contributed by atoms with Crippen LogP contribution in [0.25, 0.3) is 0 Å². The smallest absolute Gasteiger partial charge is 0.253 e. The van der Waals surface area contributed by atoms with Crippen LogP contribution in [-0.2, 0) is 11.3 Å². The number of amides is 2. The lowest BCUT2D eigenvalue weighted by atomic mass is 9.67. The van der Waals surface area contributed by atoms with Gasteiger partial charge in [0.05, 0.1) is 18.7 Å². The van der Waals surface area contributed by atoms with E-state index in [0.717, 1.165) is 31.4 Å². The highest BCUT2D eigenvalue weighted by atomic mass is 16.3. The fourth-order valence-corrected chi connectivity index (χ4v) is 4.72. The summed E-state index contributed by atoms with van der Waals surface area (Å²) in [4.78, 5) is 27.9. The second-order valence-electron chi connectivity index (χ2n) is 7.82. The predicted molar refractivity (Wildman–Crippen MR) is 102 cm³/mol. The topological polar surface area (TPSA) is 62.6 Å². The summed E-state index contributed by atoms with van der Waals surface area (Å²) in [5, 5.41) is 3.03. The first-order chi connectivity index (χ1) is 13.2. The van der Waals surface area contributed by atoms with E-state index in [-0.39, 0.29) is 23.1 Å². The van der Waals surface area contributed by atoms with Crippen molar-refractivity contribution in [2.45, 2.75) is 38.6 Å². The summed E-state index contributed by atoms with van der Waals surface area (Å²) < 4.78 is 5.32. The third-order valence-electron chi connectivity index (χ3n) is 6.14. The van der Waals surface area contributed by atoms with Crippen molar-refractivity contribution in [3.63, 3.8) is 0 Å². The first-order valence-corrected chi connectivity index (χ1v) is 9.82. The van der Waals surface area contributed by atoms with Crippen LogP contribution in [0.5, 0.6) is 0 Å². The molecule has 2 amide bonds. The van der Waals surface area contributed by atoms with E-state index >= 15 is 0 Å². The predicted octanol–water partition coefficient (Wildman–Crippen LogP) is 3.62. The number of hydrogen-bond acceptors (Lipinski definition) is 3. The number of nitrogens with zero attached hydrogens (tertiary/aromatic N) is 1. The molecule has 142 valence electrons. The summed E-state index contributed by atoms with van der Waals surface area (Å²) in [6.07, 6.45) is 7.13. The van der Waals surface area contributed by atoms with Crippen molar-refractivity contribution in [3.05, 3.63) is 60.1 Å². The Morgan fingerprint density at radius 2 is 1.85 bits per heavy atom. The minimum atomic E-state index is -0.152. The molecule has 2 aliphatic rings. The molecule has 1 unspecified atom stereocenters. The quantitative estimate of drug-likeness (QED) is 0.899. The zero-order chi connectivity index (χ0) is 18.7. The number of hydrogen-bond donors (Lipinski definition) is 1. The second kappa shape index (κ2) is 7.59. The zero-order valence-electron chi connectivity index (χ0n) is 15.5. The van der Waals surface area contributed by atoms with Crippen LogP contribution >= 0.6 is 0 Å². The molecule has 2 heterocycles. The van der Waals surface area contributed by atoms with Crippen LogP contribution in [0, 0.1) is 11.3 Å². The van der Waals surface area contributed by atoms with Crippen LogP contribution in [0.1, 0.15) is 48.2 Å². The van der Waals surface area contributed by atoms with Gasteiger partial charge in [0.25, 0.3) is 5.91 Å². The third kappa shape index (κ3) is 3.64. The Hall–Kier alpha value is -2.56. The monoisotopic (exact) mass is 366 g/mol. The van der Waals surface area contributed by atoms with Gasteiger partial charge in [0, 0.05) is 24.1 Å². The van der Waals surface area contributed by atoms with Crippen molar-refractivity contribution < 1.29 is 14.0 Å². The fraction of sp³-hybridized carbons (Fsp3) is 0.455. The Kier molecular flexibility index (Phi) is 5.01. The number of benzene rings is 1. The summed E-state index contributed by atoms with van der Waals surface area (Å²) in [5.74, 6) is 0.662. The largest absolute Gasteiger partial charge is 0.467 e. The first kappa shape index (κ1) is 17.8. The summed E-state index contributed by atoms with van der Waals surface area (Å²) in [5.41, 5.74) is 0.607. The summed E-state index contributed by atoms with van der Waals surface area (Å²) in [6, 6.07) is 13.0. The number of furan rings is 1. The molecule has 2 fully saturated rings. The molecule has 1 N–H and O–H groups in total.